The maximum absolute atomic E-state index is 13.1. The molecule has 2 aromatic rings. The first-order valence-corrected chi connectivity index (χ1v) is 3.68. The normalized spacial score (nSPS) is 10.3. The van der Waals surface area contributed by atoms with Crippen molar-refractivity contribution in [1.29, 1.82) is 0 Å². The molecule has 0 saturated heterocycles. The highest BCUT2D eigenvalue weighted by molar-refractivity contribution is 5.78. The minimum Gasteiger partial charge on any atom is -0.321 e. The van der Waals surface area contributed by atoms with E-state index in [1.54, 1.807) is 6.20 Å². The van der Waals surface area contributed by atoms with Gasteiger partial charge in [-0.3, -0.25) is 15.8 Å². The first-order valence-electron chi connectivity index (χ1n) is 3.68. The number of fused-ring (bicyclic) bond motifs is 1. The van der Waals surface area contributed by atoms with E-state index in [1.807, 2.05) is 0 Å². The number of aromatic nitrogens is 2. The summed E-state index contributed by atoms with van der Waals surface area (Å²) >= 11 is 0. The zero-order chi connectivity index (χ0) is 9.26. The lowest BCUT2D eigenvalue weighted by atomic mass is 10.2. The summed E-state index contributed by atoms with van der Waals surface area (Å²) in [7, 11) is 0. The maximum Gasteiger partial charge on any atom is 0.149 e. The molecule has 1 heterocycles. The molecule has 2 rings (SSSR count). The van der Waals surface area contributed by atoms with E-state index in [0.717, 1.165) is 0 Å². The van der Waals surface area contributed by atoms with Crippen LogP contribution in [-0.2, 0) is 0 Å². The molecule has 0 aliphatic rings. The van der Waals surface area contributed by atoms with Crippen LogP contribution in [-0.4, -0.2) is 9.97 Å². The Morgan fingerprint density at radius 2 is 1.77 bits per heavy atom. The van der Waals surface area contributed by atoms with Crippen molar-refractivity contribution in [2.45, 2.75) is 0 Å². The second-order valence-electron chi connectivity index (χ2n) is 2.52. The Morgan fingerprint density at radius 3 is 2.38 bits per heavy atom. The minimum atomic E-state index is -0.435. The number of nitrogen functional groups attached to an aromatic ring is 1. The number of benzene rings is 1. The van der Waals surface area contributed by atoms with Gasteiger partial charge in [0.15, 0.2) is 0 Å². The quantitative estimate of drug-likeness (QED) is 0.506. The van der Waals surface area contributed by atoms with Gasteiger partial charge in [0.2, 0.25) is 0 Å². The summed E-state index contributed by atoms with van der Waals surface area (Å²) in [5.74, 6) is 4.67. The van der Waals surface area contributed by atoms with Crippen molar-refractivity contribution in [2.24, 2.45) is 5.84 Å². The van der Waals surface area contributed by atoms with Gasteiger partial charge in [-0.1, -0.05) is 0 Å². The smallest absolute Gasteiger partial charge is 0.149 e. The highest BCUT2D eigenvalue weighted by atomic mass is 19.1. The van der Waals surface area contributed by atoms with Crippen LogP contribution in [0, 0.1) is 5.82 Å². The van der Waals surface area contributed by atoms with Gasteiger partial charge >= 0.3 is 0 Å². The first kappa shape index (κ1) is 7.88. The molecule has 0 atom stereocenters. The number of nitrogens with two attached hydrogens (primary N) is 1. The number of nitrogens with one attached hydrogen (secondary N) is 1. The molecule has 13 heavy (non-hydrogen) atoms. The summed E-state index contributed by atoms with van der Waals surface area (Å²) in [6.45, 7) is 0. The van der Waals surface area contributed by atoms with Gasteiger partial charge in [-0.15, -0.1) is 0 Å². The molecule has 0 bridgehead atoms. The molecular weight excluding hydrogens is 171 g/mol. The lowest BCUT2D eigenvalue weighted by Gasteiger charge is -2.02. The van der Waals surface area contributed by atoms with Crippen LogP contribution >= 0.6 is 0 Å². The van der Waals surface area contributed by atoms with Crippen LogP contribution in [0.5, 0.6) is 0 Å². The second-order valence-corrected chi connectivity index (χ2v) is 2.52. The molecule has 0 amide bonds. The predicted octanol–water partition coefficient (Wildman–Crippen LogP) is 1.05. The lowest BCUT2D eigenvalue weighted by molar-refractivity contribution is 0.632. The maximum atomic E-state index is 13.1. The van der Waals surface area contributed by atoms with Crippen molar-refractivity contribution in [3.05, 3.63) is 30.3 Å². The van der Waals surface area contributed by atoms with Crippen molar-refractivity contribution in [1.82, 2.24) is 9.97 Å². The fraction of sp³-hybridized carbons (Fsp3) is 0. The molecule has 0 spiro atoms. The molecule has 1 aromatic carbocycles. The Bertz CT molecular complexity index is 443. The van der Waals surface area contributed by atoms with E-state index in [-0.39, 0.29) is 5.69 Å². The summed E-state index contributed by atoms with van der Waals surface area (Å²) in [4.78, 5) is 7.95. The van der Waals surface area contributed by atoms with Gasteiger partial charge < -0.3 is 5.43 Å². The van der Waals surface area contributed by atoms with Crippen LogP contribution in [0.3, 0.4) is 0 Å². The fourth-order valence-electron chi connectivity index (χ4n) is 1.10. The third kappa shape index (κ3) is 1.29. The molecule has 0 aliphatic heterocycles. The minimum absolute atomic E-state index is 0.216. The van der Waals surface area contributed by atoms with E-state index in [2.05, 4.69) is 15.4 Å². The van der Waals surface area contributed by atoms with Crippen molar-refractivity contribution in [3.8, 4) is 0 Å². The van der Waals surface area contributed by atoms with Crippen molar-refractivity contribution in [3.63, 3.8) is 0 Å². The van der Waals surface area contributed by atoms with Gasteiger partial charge in [-0.05, 0) is 6.07 Å². The number of anilines is 1. The van der Waals surface area contributed by atoms with Crippen molar-refractivity contribution < 1.29 is 4.39 Å². The first-order chi connectivity index (χ1) is 6.31. The zero-order valence-corrected chi connectivity index (χ0v) is 6.66. The Morgan fingerprint density at radius 1 is 1.15 bits per heavy atom. The van der Waals surface area contributed by atoms with E-state index in [4.69, 9.17) is 5.84 Å². The average Bonchev–Trinajstić information content (AvgIpc) is 2.17. The highest BCUT2D eigenvalue weighted by Crippen LogP contribution is 2.18. The highest BCUT2D eigenvalue weighted by Gasteiger charge is 2.03. The molecule has 0 fully saturated rings. The Hall–Kier alpha value is -1.75. The third-order valence-corrected chi connectivity index (χ3v) is 1.71. The molecule has 5 heteroatoms. The Kier molecular flexibility index (Phi) is 1.79. The predicted molar refractivity (Wildman–Crippen MR) is 47.3 cm³/mol. The van der Waals surface area contributed by atoms with Gasteiger partial charge in [0, 0.05) is 18.5 Å². The monoisotopic (exact) mass is 178 g/mol. The van der Waals surface area contributed by atoms with Crippen LogP contribution in [0.2, 0.25) is 0 Å². The van der Waals surface area contributed by atoms with Gasteiger partial charge in [0.05, 0.1) is 16.7 Å². The molecule has 1 aromatic heterocycles. The Labute approximate surface area is 73.6 Å². The lowest BCUT2D eigenvalue weighted by Crippen LogP contribution is -2.08. The van der Waals surface area contributed by atoms with E-state index < -0.39 is 5.82 Å². The number of nitrogens with zero attached hydrogens (tertiary/aromatic N) is 2. The van der Waals surface area contributed by atoms with Gasteiger partial charge in [-0.2, -0.15) is 0 Å². The van der Waals surface area contributed by atoms with Gasteiger partial charge in [0.25, 0.3) is 0 Å². The molecule has 3 N–H and O–H groups in total. The number of hydrogen-bond donors (Lipinski definition) is 2. The van der Waals surface area contributed by atoms with Gasteiger partial charge in [-0.25, -0.2) is 4.39 Å². The zero-order valence-electron chi connectivity index (χ0n) is 6.66. The van der Waals surface area contributed by atoms with Crippen LogP contribution < -0.4 is 11.3 Å². The molecule has 0 aliphatic carbocycles. The van der Waals surface area contributed by atoms with Crippen LogP contribution in [0.15, 0.2) is 24.5 Å². The summed E-state index contributed by atoms with van der Waals surface area (Å²) in [5, 5.41) is 0. The summed E-state index contributed by atoms with van der Waals surface area (Å²) in [6, 6.07) is 2.80. The van der Waals surface area contributed by atoms with Crippen LogP contribution in [0.25, 0.3) is 11.0 Å². The van der Waals surface area contributed by atoms with Gasteiger partial charge in [0.1, 0.15) is 5.82 Å². The average molecular weight is 178 g/mol. The summed E-state index contributed by atoms with van der Waals surface area (Å²) in [6.07, 6.45) is 3.05. The van der Waals surface area contributed by atoms with Crippen molar-refractivity contribution in [2.75, 3.05) is 5.43 Å². The summed E-state index contributed by atoms with van der Waals surface area (Å²) < 4.78 is 13.1. The molecule has 0 unspecified atom stereocenters. The number of hydrogen-bond acceptors (Lipinski definition) is 4. The van der Waals surface area contributed by atoms with Crippen molar-refractivity contribution >= 4 is 16.7 Å². The second kappa shape index (κ2) is 2.95. The van der Waals surface area contributed by atoms with E-state index in [0.29, 0.717) is 11.0 Å². The van der Waals surface area contributed by atoms with E-state index in [1.165, 1.54) is 18.3 Å². The standard InChI is InChI=1S/C8H7FN4/c9-5-3-7-8(4-6(5)13-10)12-2-1-11-7/h1-4,13H,10H2. The molecule has 0 saturated carbocycles. The third-order valence-electron chi connectivity index (χ3n) is 1.71. The Balaban J connectivity index is 2.74. The SMILES string of the molecule is NNc1cc2nccnc2cc1F. The van der Waals surface area contributed by atoms with E-state index in [9.17, 15) is 4.39 Å². The number of halogens is 1. The number of hydrazine groups is 1. The topological polar surface area (TPSA) is 63.8 Å². The largest absolute Gasteiger partial charge is 0.321 e. The molecule has 0 radical (unpaired) electrons. The van der Waals surface area contributed by atoms with Crippen LogP contribution in [0.1, 0.15) is 0 Å². The summed E-state index contributed by atoms with van der Waals surface area (Å²) in [5.41, 5.74) is 3.58. The fourth-order valence-corrected chi connectivity index (χ4v) is 1.10. The van der Waals surface area contributed by atoms with Crippen LogP contribution in [0.4, 0.5) is 10.1 Å². The molecule has 66 valence electrons. The number of rotatable bonds is 1. The molecular formula is C8H7FN4. The van der Waals surface area contributed by atoms with E-state index >= 15 is 0 Å². The molecule has 4 nitrogen and oxygen atoms in total.